The summed E-state index contributed by atoms with van der Waals surface area (Å²) < 4.78 is 5.39. The van der Waals surface area contributed by atoms with Crippen molar-refractivity contribution in [2.75, 3.05) is 11.9 Å². The molecule has 190 valence electrons. The number of phenolic OH excluding ortho intramolecular Hbond substituents is 1. The number of nitrogens with one attached hydrogen (secondary N) is 1. The third-order valence-electron chi connectivity index (χ3n) is 6.19. The summed E-state index contributed by atoms with van der Waals surface area (Å²) >= 11 is 0. The third-order valence-corrected chi connectivity index (χ3v) is 6.19. The summed E-state index contributed by atoms with van der Waals surface area (Å²) in [6.45, 7) is 9.16. The van der Waals surface area contributed by atoms with E-state index in [1.165, 1.54) is 83.1 Å². The molecule has 0 bridgehead atoms. The predicted octanol–water partition coefficient (Wildman–Crippen LogP) is 8.88. The zero-order valence-electron chi connectivity index (χ0n) is 22.0. The minimum absolute atomic E-state index is 0.0940. The summed E-state index contributed by atoms with van der Waals surface area (Å²) in [6.07, 6.45) is 19.3. The number of phenols is 1. The first-order valence-corrected chi connectivity index (χ1v) is 13.7. The molecule has 1 unspecified atom stereocenters. The van der Waals surface area contributed by atoms with Crippen LogP contribution in [0.5, 0.6) is 5.75 Å². The molecule has 0 aliphatic carbocycles. The predicted molar refractivity (Wildman–Crippen MR) is 141 cm³/mol. The zero-order valence-corrected chi connectivity index (χ0v) is 22.0. The smallest absolute Gasteiger partial charge is 0.338 e. The standard InChI is InChI=1S/C29H51NO3/c1-5-6-7-8-9-10-11-12-13-14-15-16-17-18-21-33-29(32)26-19-20-27(28(31)23-26)30-25(4)22-24(2)3/h19-20,23-25,30-31H,5-18,21-22H2,1-4H3. The van der Waals surface area contributed by atoms with Gasteiger partial charge in [0.25, 0.3) is 0 Å². The largest absolute Gasteiger partial charge is 0.506 e. The van der Waals surface area contributed by atoms with Crippen LogP contribution in [0.1, 0.15) is 134 Å². The number of aromatic hydroxyl groups is 1. The SMILES string of the molecule is CCCCCCCCCCCCCCCCOC(=O)c1ccc(NC(C)CC(C)C)c(O)c1. The average Bonchev–Trinajstić information content (AvgIpc) is 2.77. The van der Waals surface area contributed by atoms with Crippen molar-refractivity contribution in [1.82, 2.24) is 0 Å². The number of hydrogen-bond donors (Lipinski definition) is 2. The van der Waals surface area contributed by atoms with Crippen LogP contribution in [0.3, 0.4) is 0 Å². The first kappa shape index (κ1) is 29.3. The Balaban J connectivity index is 2.06. The first-order valence-electron chi connectivity index (χ1n) is 13.7. The number of rotatable bonds is 20. The van der Waals surface area contributed by atoms with Crippen molar-refractivity contribution in [1.29, 1.82) is 0 Å². The second-order valence-corrected chi connectivity index (χ2v) is 10.1. The van der Waals surface area contributed by atoms with E-state index in [1.807, 2.05) is 0 Å². The topological polar surface area (TPSA) is 58.6 Å². The highest BCUT2D eigenvalue weighted by molar-refractivity contribution is 5.90. The Kier molecular flexibility index (Phi) is 16.6. The number of hydrogen-bond acceptors (Lipinski definition) is 4. The molecule has 4 nitrogen and oxygen atoms in total. The number of unbranched alkanes of at least 4 members (excludes halogenated alkanes) is 13. The van der Waals surface area contributed by atoms with Crippen LogP contribution in [-0.4, -0.2) is 23.7 Å². The number of benzene rings is 1. The lowest BCUT2D eigenvalue weighted by atomic mass is 10.0. The van der Waals surface area contributed by atoms with Gasteiger partial charge < -0.3 is 15.2 Å². The highest BCUT2D eigenvalue weighted by atomic mass is 16.5. The van der Waals surface area contributed by atoms with Gasteiger partial charge in [0.15, 0.2) is 0 Å². The van der Waals surface area contributed by atoms with E-state index in [1.54, 1.807) is 12.1 Å². The van der Waals surface area contributed by atoms with E-state index in [2.05, 4.69) is 33.0 Å². The molecule has 0 saturated heterocycles. The molecule has 0 fully saturated rings. The summed E-state index contributed by atoms with van der Waals surface area (Å²) in [7, 11) is 0. The van der Waals surface area contributed by atoms with Gasteiger partial charge in [0.2, 0.25) is 0 Å². The summed E-state index contributed by atoms with van der Waals surface area (Å²) in [5.74, 6) is 0.317. The summed E-state index contributed by atoms with van der Waals surface area (Å²) in [5, 5.41) is 13.6. The molecule has 0 radical (unpaired) electrons. The van der Waals surface area contributed by atoms with Crippen molar-refractivity contribution in [3.05, 3.63) is 23.8 Å². The average molecular weight is 462 g/mol. The Hall–Kier alpha value is -1.71. The van der Waals surface area contributed by atoms with Crippen LogP contribution in [0.15, 0.2) is 18.2 Å². The fourth-order valence-electron chi connectivity index (χ4n) is 4.36. The summed E-state index contributed by atoms with van der Waals surface area (Å²) in [6, 6.07) is 5.24. The molecule has 0 aromatic heterocycles. The number of ether oxygens (including phenoxy) is 1. The lowest BCUT2D eigenvalue weighted by molar-refractivity contribution is 0.0497. The quantitative estimate of drug-likeness (QED) is 0.116. The molecule has 0 heterocycles. The van der Waals surface area contributed by atoms with Gasteiger partial charge in [-0.25, -0.2) is 4.79 Å². The molecule has 2 N–H and O–H groups in total. The van der Waals surface area contributed by atoms with Crippen molar-refractivity contribution in [3.8, 4) is 5.75 Å². The van der Waals surface area contributed by atoms with Crippen LogP contribution >= 0.6 is 0 Å². The van der Waals surface area contributed by atoms with Gasteiger partial charge in [0.1, 0.15) is 5.75 Å². The van der Waals surface area contributed by atoms with Crippen LogP contribution in [0.25, 0.3) is 0 Å². The van der Waals surface area contributed by atoms with E-state index < -0.39 is 0 Å². The van der Waals surface area contributed by atoms with Gasteiger partial charge in [-0.05, 0) is 43.9 Å². The minimum Gasteiger partial charge on any atom is -0.506 e. The van der Waals surface area contributed by atoms with Crippen LogP contribution in [0, 0.1) is 5.92 Å². The van der Waals surface area contributed by atoms with E-state index >= 15 is 0 Å². The Morgan fingerprint density at radius 1 is 0.848 bits per heavy atom. The Bertz CT molecular complexity index is 629. The Morgan fingerprint density at radius 3 is 1.85 bits per heavy atom. The number of carbonyl (C=O) groups is 1. The molecule has 33 heavy (non-hydrogen) atoms. The van der Waals surface area contributed by atoms with E-state index in [0.717, 1.165) is 19.3 Å². The molecular formula is C29H51NO3. The number of anilines is 1. The van der Waals surface area contributed by atoms with Gasteiger partial charge in [0.05, 0.1) is 17.9 Å². The van der Waals surface area contributed by atoms with Gasteiger partial charge in [-0.3, -0.25) is 0 Å². The van der Waals surface area contributed by atoms with Gasteiger partial charge >= 0.3 is 5.97 Å². The molecule has 0 aliphatic heterocycles. The summed E-state index contributed by atoms with van der Waals surface area (Å²) in [5.41, 5.74) is 1.06. The summed E-state index contributed by atoms with van der Waals surface area (Å²) in [4.78, 5) is 12.3. The van der Waals surface area contributed by atoms with Crippen LogP contribution in [-0.2, 0) is 4.74 Å². The van der Waals surface area contributed by atoms with E-state index in [0.29, 0.717) is 23.8 Å². The number of carbonyl (C=O) groups excluding carboxylic acids is 1. The highest BCUT2D eigenvalue weighted by Crippen LogP contribution is 2.26. The molecule has 1 aromatic rings. The van der Waals surface area contributed by atoms with Crippen molar-refractivity contribution in [2.45, 2.75) is 130 Å². The van der Waals surface area contributed by atoms with Crippen LogP contribution in [0.4, 0.5) is 5.69 Å². The van der Waals surface area contributed by atoms with E-state index in [-0.39, 0.29) is 17.8 Å². The van der Waals surface area contributed by atoms with E-state index in [4.69, 9.17) is 4.74 Å². The Labute approximate surface area is 203 Å². The fraction of sp³-hybridized carbons (Fsp3) is 0.759. The highest BCUT2D eigenvalue weighted by Gasteiger charge is 2.12. The lowest BCUT2D eigenvalue weighted by Crippen LogP contribution is -2.17. The van der Waals surface area contributed by atoms with Crippen LogP contribution < -0.4 is 5.32 Å². The van der Waals surface area contributed by atoms with E-state index in [9.17, 15) is 9.90 Å². The maximum absolute atomic E-state index is 12.3. The second kappa shape index (κ2) is 18.7. The van der Waals surface area contributed by atoms with Crippen molar-refractivity contribution in [2.24, 2.45) is 5.92 Å². The minimum atomic E-state index is -0.359. The van der Waals surface area contributed by atoms with Crippen molar-refractivity contribution < 1.29 is 14.6 Å². The molecule has 0 spiro atoms. The molecular weight excluding hydrogens is 410 g/mol. The molecule has 1 aromatic carbocycles. The second-order valence-electron chi connectivity index (χ2n) is 10.1. The van der Waals surface area contributed by atoms with Gasteiger partial charge in [-0.2, -0.15) is 0 Å². The van der Waals surface area contributed by atoms with Gasteiger partial charge in [0, 0.05) is 6.04 Å². The molecule has 0 aliphatic rings. The molecule has 4 heteroatoms. The van der Waals surface area contributed by atoms with Crippen LogP contribution in [0.2, 0.25) is 0 Å². The molecule has 0 saturated carbocycles. The molecule has 1 atom stereocenters. The third kappa shape index (κ3) is 14.9. The molecule has 0 amide bonds. The molecule has 1 rings (SSSR count). The first-order chi connectivity index (χ1) is 15.9. The normalized spacial score (nSPS) is 12.2. The van der Waals surface area contributed by atoms with Gasteiger partial charge in [-0.15, -0.1) is 0 Å². The monoisotopic (exact) mass is 461 g/mol. The van der Waals surface area contributed by atoms with Crippen molar-refractivity contribution in [3.63, 3.8) is 0 Å². The number of esters is 1. The van der Waals surface area contributed by atoms with Gasteiger partial charge in [-0.1, -0.05) is 104 Å². The maximum atomic E-state index is 12.3. The zero-order chi connectivity index (χ0) is 24.3. The maximum Gasteiger partial charge on any atom is 0.338 e. The Morgan fingerprint density at radius 2 is 1.36 bits per heavy atom. The fourth-order valence-corrected chi connectivity index (χ4v) is 4.36. The van der Waals surface area contributed by atoms with Crippen molar-refractivity contribution >= 4 is 11.7 Å². The lowest BCUT2D eigenvalue weighted by Gasteiger charge is -2.18.